The van der Waals surface area contributed by atoms with Crippen molar-refractivity contribution in [1.29, 1.82) is 0 Å². The largest absolute Gasteiger partial charge is 0.550 e. The number of amides is 1. The molecule has 0 aromatic carbocycles. The monoisotopic (exact) mass is 325 g/mol. The molecule has 11 heteroatoms. The molecule has 3 aliphatic rings. The normalized spacial score (nSPS) is 29.0. The molecule has 1 spiro atoms. The van der Waals surface area contributed by atoms with Gasteiger partial charge in [0, 0.05) is 6.42 Å². The maximum absolute atomic E-state index is 11.7. The van der Waals surface area contributed by atoms with Crippen LogP contribution in [0.3, 0.4) is 0 Å². The lowest BCUT2D eigenvalue weighted by Crippen LogP contribution is -2.29. The van der Waals surface area contributed by atoms with Crippen molar-refractivity contribution in [2.24, 2.45) is 0 Å². The number of nitrogens with one attached hydrogen (secondary N) is 2. The van der Waals surface area contributed by atoms with Crippen molar-refractivity contribution in [2.75, 3.05) is 26.4 Å². The van der Waals surface area contributed by atoms with E-state index in [1.165, 1.54) is 0 Å². The fourth-order valence-corrected chi connectivity index (χ4v) is 4.88. The third-order valence-corrected chi connectivity index (χ3v) is 6.15. The highest BCUT2D eigenvalue weighted by molar-refractivity contribution is 7.60. The summed E-state index contributed by atoms with van der Waals surface area (Å²) in [4.78, 5) is 23.4. The van der Waals surface area contributed by atoms with Crippen molar-refractivity contribution >= 4 is 28.5 Å². The first-order chi connectivity index (χ1) is 9.67. The lowest BCUT2D eigenvalue weighted by atomic mass is 10.2. The van der Waals surface area contributed by atoms with E-state index >= 15 is 0 Å². The maximum Gasteiger partial charge on any atom is 0.550 e. The highest BCUT2D eigenvalue weighted by Crippen LogP contribution is 2.64. The van der Waals surface area contributed by atoms with Crippen molar-refractivity contribution in [3.63, 3.8) is 0 Å². The summed E-state index contributed by atoms with van der Waals surface area (Å²) < 4.78 is 26.1. The smallest absolute Gasteiger partial charge is 0.315 e. The first kappa shape index (κ1) is 14.5. The molecule has 0 aromatic heterocycles. The van der Waals surface area contributed by atoms with E-state index in [4.69, 9.17) is 22.6 Å². The molecule has 1 amide bonds. The summed E-state index contributed by atoms with van der Waals surface area (Å²) in [5.74, 6) is -0.660. The SMILES string of the molecule is O=C(CCC1N[P+]2(OCCO2)OC1=O)NP1OCCO1. The Kier molecular flexibility index (Phi) is 4.47. The topological polar surface area (TPSA) is 104 Å². The van der Waals surface area contributed by atoms with Gasteiger partial charge in [-0.2, -0.15) is 9.05 Å². The molecule has 2 N–H and O–H groups in total. The van der Waals surface area contributed by atoms with Crippen LogP contribution in [0.4, 0.5) is 0 Å². The molecule has 0 aliphatic carbocycles. The average Bonchev–Trinajstić information content (AvgIpc) is 3.12. The standard InChI is InChI=1S/C9H14N2O7P2/c12-8(10-19-14-3-4-15-19)2-1-7-9(13)18-20(11-7)16-5-6-17-20/h7,11H,1-6H2/p+1. The van der Waals surface area contributed by atoms with Gasteiger partial charge in [0.25, 0.3) is 8.53 Å². The molecule has 0 bridgehead atoms. The molecule has 3 fully saturated rings. The second-order valence-corrected chi connectivity index (χ2v) is 7.46. The van der Waals surface area contributed by atoms with E-state index in [0.717, 1.165) is 0 Å². The Morgan fingerprint density at radius 1 is 1.30 bits per heavy atom. The van der Waals surface area contributed by atoms with Crippen LogP contribution in [0.5, 0.6) is 0 Å². The first-order valence-electron chi connectivity index (χ1n) is 6.22. The zero-order chi connectivity index (χ0) is 14.0. The number of hydrogen-bond donors (Lipinski definition) is 2. The fraction of sp³-hybridized carbons (Fsp3) is 0.778. The van der Waals surface area contributed by atoms with Crippen LogP contribution in [0.1, 0.15) is 12.8 Å². The Hall–Kier alpha value is -0.400. The lowest BCUT2D eigenvalue weighted by molar-refractivity contribution is -0.134. The summed E-state index contributed by atoms with van der Waals surface area (Å²) in [5, 5.41) is 5.55. The predicted molar refractivity (Wildman–Crippen MR) is 68.0 cm³/mol. The quantitative estimate of drug-likeness (QED) is 0.716. The van der Waals surface area contributed by atoms with Crippen molar-refractivity contribution in [1.82, 2.24) is 10.2 Å². The molecule has 1 unspecified atom stereocenters. The third-order valence-electron chi connectivity index (χ3n) is 2.79. The third kappa shape index (κ3) is 3.26. The van der Waals surface area contributed by atoms with Gasteiger partial charge in [-0.15, -0.1) is 0 Å². The Morgan fingerprint density at radius 3 is 2.70 bits per heavy atom. The van der Waals surface area contributed by atoms with E-state index < -0.39 is 28.6 Å². The minimum atomic E-state index is -2.68. The summed E-state index contributed by atoms with van der Waals surface area (Å²) in [6, 6.07) is -0.578. The second-order valence-electron chi connectivity index (χ2n) is 4.25. The van der Waals surface area contributed by atoms with E-state index in [0.29, 0.717) is 32.8 Å². The van der Waals surface area contributed by atoms with Crippen LogP contribution in [-0.2, 0) is 32.2 Å². The van der Waals surface area contributed by atoms with Crippen molar-refractivity contribution < 1.29 is 32.2 Å². The number of carbonyl (C=O) groups excluding carboxylic acids is 2. The van der Waals surface area contributed by atoms with Crippen LogP contribution in [0, 0.1) is 0 Å². The van der Waals surface area contributed by atoms with E-state index in [2.05, 4.69) is 10.2 Å². The van der Waals surface area contributed by atoms with E-state index in [-0.39, 0.29) is 12.3 Å². The Labute approximate surface area is 117 Å². The molecule has 112 valence electrons. The summed E-state index contributed by atoms with van der Waals surface area (Å²) >= 11 is 0. The van der Waals surface area contributed by atoms with Gasteiger partial charge in [-0.1, -0.05) is 5.09 Å². The molecular formula is C9H15N2O7P2+. The molecule has 0 aromatic rings. The molecule has 9 nitrogen and oxygen atoms in total. The van der Waals surface area contributed by atoms with Crippen LogP contribution in [0.2, 0.25) is 0 Å². The molecule has 3 saturated heterocycles. The zero-order valence-corrected chi connectivity index (χ0v) is 12.4. The number of rotatable bonds is 4. The van der Waals surface area contributed by atoms with Gasteiger partial charge in [0.15, 0.2) is 6.04 Å². The molecule has 3 rings (SSSR count). The lowest BCUT2D eigenvalue weighted by Gasteiger charge is -2.09. The van der Waals surface area contributed by atoms with Gasteiger partial charge in [-0.3, -0.25) is 9.88 Å². The highest BCUT2D eigenvalue weighted by Gasteiger charge is 2.62. The molecule has 3 heterocycles. The van der Waals surface area contributed by atoms with Gasteiger partial charge in [0.2, 0.25) is 5.91 Å². The minimum Gasteiger partial charge on any atom is -0.315 e. The van der Waals surface area contributed by atoms with Gasteiger partial charge in [0.05, 0.1) is 13.2 Å². The second kappa shape index (κ2) is 6.15. The molecular weight excluding hydrogens is 310 g/mol. The summed E-state index contributed by atoms with van der Waals surface area (Å²) in [6.07, 6.45) is 0.473. The maximum atomic E-state index is 11.7. The first-order valence-corrected chi connectivity index (χ1v) is 8.94. The minimum absolute atomic E-state index is 0.165. The molecule has 3 aliphatic heterocycles. The fourth-order valence-electron chi connectivity index (χ4n) is 1.89. The van der Waals surface area contributed by atoms with Crippen molar-refractivity contribution in [3.05, 3.63) is 0 Å². The van der Waals surface area contributed by atoms with Crippen LogP contribution in [0.25, 0.3) is 0 Å². The zero-order valence-electron chi connectivity index (χ0n) is 10.6. The van der Waals surface area contributed by atoms with Crippen molar-refractivity contribution in [3.8, 4) is 0 Å². The van der Waals surface area contributed by atoms with Gasteiger partial charge < -0.3 is 9.05 Å². The molecule has 0 radical (unpaired) electrons. The molecule has 1 atom stereocenters. The Morgan fingerprint density at radius 2 is 2.00 bits per heavy atom. The summed E-state index contributed by atoms with van der Waals surface area (Å²) in [7, 11) is -3.99. The molecule has 0 saturated carbocycles. The van der Waals surface area contributed by atoms with Crippen molar-refractivity contribution in [2.45, 2.75) is 18.9 Å². The number of carbonyl (C=O) groups is 2. The van der Waals surface area contributed by atoms with Crippen LogP contribution < -0.4 is 10.2 Å². The van der Waals surface area contributed by atoms with E-state index in [9.17, 15) is 9.59 Å². The van der Waals surface area contributed by atoms with Gasteiger partial charge in [-0.25, -0.2) is 9.32 Å². The van der Waals surface area contributed by atoms with Gasteiger partial charge in [0.1, 0.15) is 13.2 Å². The van der Waals surface area contributed by atoms with Crippen LogP contribution in [-0.4, -0.2) is 44.3 Å². The van der Waals surface area contributed by atoms with Gasteiger partial charge >= 0.3 is 14.1 Å². The van der Waals surface area contributed by atoms with E-state index in [1.54, 1.807) is 0 Å². The predicted octanol–water partition coefficient (Wildman–Crippen LogP) is 0.396. The summed E-state index contributed by atoms with van der Waals surface area (Å²) in [5.41, 5.74) is 0. The van der Waals surface area contributed by atoms with Gasteiger partial charge in [-0.05, 0) is 6.42 Å². The highest BCUT2D eigenvalue weighted by atomic mass is 31.2. The number of hydrogen-bond acceptors (Lipinski definition) is 8. The Balaban J connectivity index is 1.43. The molecule has 20 heavy (non-hydrogen) atoms. The average molecular weight is 325 g/mol. The Bertz CT molecular complexity index is 398. The van der Waals surface area contributed by atoms with Crippen LogP contribution in [0.15, 0.2) is 0 Å². The van der Waals surface area contributed by atoms with Crippen LogP contribution >= 0.6 is 16.6 Å². The van der Waals surface area contributed by atoms with E-state index in [1.807, 2.05) is 0 Å². The summed E-state index contributed by atoms with van der Waals surface area (Å²) in [6.45, 7) is 1.79.